The molecule has 252 valence electrons. The summed E-state index contributed by atoms with van der Waals surface area (Å²) in [5.41, 5.74) is 12.2. The van der Waals surface area contributed by atoms with Crippen LogP contribution in [0.5, 0.6) is 0 Å². The number of aromatic nitrogens is 4. The van der Waals surface area contributed by atoms with E-state index in [-0.39, 0.29) is 48.3 Å². The van der Waals surface area contributed by atoms with E-state index in [1.54, 1.807) is 13.1 Å². The number of carbonyl (C=O) groups is 4. The van der Waals surface area contributed by atoms with Crippen LogP contribution in [0.3, 0.4) is 0 Å². The first-order valence-corrected chi connectivity index (χ1v) is 15.1. The third kappa shape index (κ3) is 7.45. The lowest BCUT2D eigenvalue weighted by Gasteiger charge is -2.28. The van der Waals surface area contributed by atoms with Crippen molar-refractivity contribution in [3.05, 3.63) is 106 Å². The standard InChI is InChI=1S/C21H19N5O5.C12H17N3O.ClH/c1-3-8-31-20(30)13-4-5-14-12(11(13)2)6-7-15(14)24-18(27)17-9-16(19(28)29)25-21-22-10-23-26(17)21;1-14-12(16)15-5-4-10-3-2-9(7-13)6-11(10)8-15;/h3-5,9-10,15H,1,6-8H2,2H3,(H,24,27)(H,28,29);2-3,6H,4-5,7-8,13H2,1H3,(H,14,16);1H/t15-;;/m0../s1. The minimum Gasteiger partial charge on any atom is -0.477 e. The van der Waals surface area contributed by atoms with Gasteiger partial charge in [0.25, 0.3) is 11.7 Å². The van der Waals surface area contributed by atoms with Crippen LogP contribution < -0.4 is 16.4 Å². The molecule has 1 aliphatic carbocycles. The van der Waals surface area contributed by atoms with E-state index in [0.29, 0.717) is 31.5 Å². The number of carbonyl (C=O) groups excluding carboxylic acids is 3. The summed E-state index contributed by atoms with van der Waals surface area (Å²) < 4.78 is 6.33. The molecule has 15 heteroatoms. The number of rotatable bonds is 7. The number of urea groups is 1. The van der Waals surface area contributed by atoms with Crippen LogP contribution in [0.15, 0.2) is 55.4 Å². The van der Waals surface area contributed by atoms with Crippen LogP contribution >= 0.6 is 12.4 Å². The van der Waals surface area contributed by atoms with E-state index in [0.717, 1.165) is 35.2 Å². The Morgan fingerprint density at radius 2 is 1.94 bits per heavy atom. The van der Waals surface area contributed by atoms with Crippen molar-refractivity contribution in [2.45, 2.75) is 45.3 Å². The maximum Gasteiger partial charge on any atom is 0.354 e. The van der Waals surface area contributed by atoms with Gasteiger partial charge in [-0.05, 0) is 65.6 Å². The summed E-state index contributed by atoms with van der Waals surface area (Å²) in [5.74, 6) is -2.16. The van der Waals surface area contributed by atoms with Crippen LogP contribution in [0.2, 0.25) is 0 Å². The summed E-state index contributed by atoms with van der Waals surface area (Å²) in [4.78, 5) is 57.6. The van der Waals surface area contributed by atoms with E-state index in [9.17, 15) is 24.3 Å². The van der Waals surface area contributed by atoms with Gasteiger partial charge in [0.1, 0.15) is 18.6 Å². The summed E-state index contributed by atoms with van der Waals surface area (Å²) in [6.07, 6.45) is 4.96. The van der Waals surface area contributed by atoms with Gasteiger partial charge >= 0.3 is 18.0 Å². The molecule has 3 heterocycles. The molecule has 1 atom stereocenters. The first-order chi connectivity index (χ1) is 22.6. The lowest BCUT2D eigenvalue weighted by atomic mass is 9.97. The number of carboxylic acids is 1. The first-order valence-electron chi connectivity index (χ1n) is 15.1. The molecule has 5 N–H and O–H groups in total. The number of fused-ring (bicyclic) bond motifs is 3. The second-order valence-electron chi connectivity index (χ2n) is 11.1. The Balaban J connectivity index is 0.000000258. The van der Waals surface area contributed by atoms with E-state index in [1.807, 2.05) is 17.9 Å². The van der Waals surface area contributed by atoms with Crippen LogP contribution in [0.1, 0.15) is 77.2 Å². The number of halogens is 1. The smallest absolute Gasteiger partial charge is 0.354 e. The van der Waals surface area contributed by atoms with Crippen molar-refractivity contribution in [1.82, 2.24) is 35.1 Å². The van der Waals surface area contributed by atoms with Gasteiger partial charge in [-0.2, -0.15) is 14.6 Å². The fraction of sp³-hybridized carbons (Fsp3) is 0.303. The lowest BCUT2D eigenvalue weighted by molar-refractivity contribution is 0.0547. The van der Waals surface area contributed by atoms with Gasteiger partial charge in [-0.15, -0.1) is 12.4 Å². The molecule has 0 saturated heterocycles. The number of nitrogens with one attached hydrogen (secondary N) is 2. The summed E-state index contributed by atoms with van der Waals surface area (Å²) in [5, 5.41) is 18.8. The Bertz CT molecular complexity index is 1880. The zero-order chi connectivity index (χ0) is 33.7. The van der Waals surface area contributed by atoms with Crippen molar-refractivity contribution in [3.8, 4) is 0 Å². The fourth-order valence-corrected chi connectivity index (χ4v) is 5.85. The Morgan fingerprint density at radius 1 is 1.15 bits per heavy atom. The van der Waals surface area contributed by atoms with Gasteiger partial charge < -0.3 is 31.1 Å². The molecule has 3 amide bonds. The van der Waals surface area contributed by atoms with E-state index in [2.05, 4.69) is 50.5 Å². The first kappa shape index (κ1) is 35.5. The summed E-state index contributed by atoms with van der Waals surface area (Å²) in [6, 6.07) is 10.7. The molecule has 0 unspecified atom stereocenters. The van der Waals surface area contributed by atoms with Crippen LogP contribution in [-0.2, 0) is 30.7 Å². The quantitative estimate of drug-likeness (QED) is 0.167. The van der Waals surface area contributed by atoms with Crippen molar-refractivity contribution in [2.24, 2.45) is 5.73 Å². The molecular weight excluding hydrogens is 640 g/mol. The topological polar surface area (TPSA) is 194 Å². The summed E-state index contributed by atoms with van der Waals surface area (Å²) in [7, 11) is 1.66. The number of nitrogens with zero attached hydrogens (tertiary/aromatic N) is 5. The SMILES string of the molecule is C=CCOC(=O)c1ccc2c(c1C)CC[C@@H]2NC(=O)c1cc(C(=O)O)nc2ncnn12.CNC(=O)N1CCc2ccc(CN)cc2C1.Cl. The predicted molar refractivity (Wildman–Crippen MR) is 178 cm³/mol. The second kappa shape index (κ2) is 15.5. The van der Waals surface area contributed by atoms with Gasteiger partial charge in [-0.1, -0.05) is 36.9 Å². The third-order valence-electron chi connectivity index (χ3n) is 8.27. The van der Waals surface area contributed by atoms with Crippen molar-refractivity contribution >= 4 is 42.1 Å². The van der Waals surface area contributed by atoms with E-state index in [4.69, 9.17) is 10.5 Å². The number of nitrogens with two attached hydrogens (primary N) is 1. The highest BCUT2D eigenvalue weighted by atomic mass is 35.5. The van der Waals surface area contributed by atoms with Gasteiger partial charge in [0, 0.05) is 32.7 Å². The monoisotopic (exact) mass is 676 g/mol. The van der Waals surface area contributed by atoms with Crippen LogP contribution in [-0.4, -0.2) is 73.7 Å². The van der Waals surface area contributed by atoms with Crippen molar-refractivity contribution < 1.29 is 29.0 Å². The van der Waals surface area contributed by atoms with Gasteiger partial charge in [-0.25, -0.2) is 19.4 Å². The maximum absolute atomic E-state index is 13.0. The number of carboxylic acid groups (broad SMARTS) is 1. The van der Waals surface area contributed by atoms with Crippen molar-refractivity contribution in [3.63, 3.8) is 0 Å². The van der Waals surface area contributed by atoms with E-state index in [1.165, 1.54) is 34.1 Å². The number of amides is 3. The van der Waals surface area contributed by atoms with Crippen molar-refractivity contribution in [2.75, 3.05) is 20.2 Å². The highest BCUT2D eigenvalue weighted by Gasteiger charge is 2.29. The largest absolute Gasteiger partial charge is 0.477 e. The highest BCUT2D eigenvalue weighted by Crippen LogP contribution is 2.35. The Labute approximate surface area is 282 Å². The number of benzene rings is 2. The lowest BCUT2D eigenvalue weighted by Crippen LogP contribution is -2.41. The second-order valence-corrected chi connectivity index (χ2v) is 11.1. The van der Waals surface area contributed by atoms with Gasteiger partial charge in [0.05, 0.1) is 11.6 Å². The minimum absolute atomic E-state index is 0. The fourth-order valence-electron chi connectivity index (χ4n) is 5.85. The number of ether oxygens (including phenoxy) is 1. The molecule has 2 aromatic heterocycles. The maximum atomic E-state index is 13.0. The zero-order valence-electron chi connectivity index (χ0n) is 26.6. The Hall–Kier alpha value is -5.34. The van der Waals surface area contributed by atoms with Crippen molar-refractivity contribution in [1.29, 1.82) is 0 Å². The average molecular weight is 677 g/mol. The Kier molecular flexibility index (Phi) is 11.5. The minimum atomic E-state index is -1.27. The molecule has 0 radical (unpaired) electrons. The molecular formula is C33H37ClN8O6. The predicted octanol–water partition coefficient (Wildman–Crippen LogP) is 3.16. The number of hydrogen-bond acceptors (Lipinski definition) is 9. The Morgan fingerprint density at radius 3 is 2.65 bits per heavy atom. The molecule has 0 bridgehead atoms. The summed E-state index contributed by atoms with van der Waals surface area (Å²) >= 11 is 0. The van der Waals surface area contributed by atoms with Crippen LogP contribution in [0, 0.1) is 6.92 Å². The van der Waals surface area contributed by atoms with Crippen LogP contribution in [0.25, 0.3) is 5.78 Å². The molecule has 14 nitrogen and oxygen atoms in total. The number of hydrogen-bond donors (Lipinski definition) is 4. The number of aromatic carboxylic acids is 1. The molecule has 0 fully saturated rings. The molecule has 6 rings (SSSR count). The average Bonchev–Trinajstić information content (AvgIpc) is 3.73. The molecule has 1 aliphatic heterocycles. The highest BCUT2D eigenvalue weighted by molar-refractivity contribution is 5.96. The molecule has 2 aliphatic rings. The zero-order valence-corrected chi connectivity index (χ0v) is 27.4. The summed E-state index contributed by atoms with van der Waals surface area (Å²) in [6.45, 7) is 7.54. The van der Waals surface area contributed by atoms with Gasteiger partial charge in [0.15, 0.2) is 5.69 Å². The van der Waals surface area contributed by atoms with Crippen LogP contribution in [0.4, 0.5) is 4.79 Å². The van der Waals surface area contributed by atoms with Gasteiger partial charge in [0.2, 0.25) is 0 Å². The number of esters is 1. The normalized spacial score (nSPS) is 14.4. The third-order valence-corrected chi connectivity index (χ3v) is 8.27. The van der Waals surface area contributed by atoms with Gasteiger partial charge in [-0.3, -0.25) is 4.79 Å². The molecule has 48 heavy (non-hydrogen) atoms. The molecule has 0 saturated carbocycles. The van der Waals surface area contributed by atoms with E-state index >= 15 is 0 Å². The molecule has 2 aromatic carbocycles. The molecule has 4 aromatic rings. The molecule has 0 spiro atoms. The van der Waals surface area contributed by atoms with E-state index < -0.39 is 17.8 Å².